The van der Waals surface area contributed by atoms with Gasteiger partial charge >= 0.3 is 0 Å². The van der Waals surface area contributed by atoms with Crippen LogP contribution < -0.4 is 5.43 Å². The van der Waals surface area contributed by atoms with E-state index in [4.69, 9.17) is 17.0 Å². The molecule has 0 spiro atoms. The van der Waals surface area contributed by atoms with E-state index < -0.39 is 0 Å². The minimum Gasteiger partial charge on any atom is -0.375 e. The summed E-state index contributed by atoms with van der Waals surface area (Å²) in [4.78, 5) is 1.82. The van der Waals surface area contributed by atoms with Gasteiger partial charge in [0, 0.05) is 32.6 Å². The van der Waals surface area contributed by atoms with E-state index >= 15 is 0 Å². The van der Waals surface area contributed by atoms with Crippen molar-refractivity contribution in [2.45, 2.75) is 32.3 Å². The number of thiocarbonyl (C=S) groups is 1. The van der Waals surface area contributed by atoms with Crippen LogP contribution in [0.25, 0.3) is 0 Å². The summed E-state index contributed by atoms with van der Waals surface area (Å²) in [6, 6.07) is 0. The van der Waals surface area contributed by atoms with Gasteiger partial charge in [-0.25, -0.2) is 0 Å². The standard InChI is InChI=1S/C10H19N3OS/c1-10(2)7-8(5-6-14-10)11-12-9(15)13(3)4/h5-7H2,1-4H3,(H,12,15). The van der Waals surface area contributed by atoms with Crippen molar-refractivity contribution in [2.24, 2.45) is 5.10 Å². The topological polar surface area (TPSA) is 36.9 Å². The zero-order valence-electron chi connectivity index (χ0n) is 9.83. The second-order valence-electron chi connectivity index (χ2n) is 4.52. The molecule has 15 heavy (non-hydrogen) atoms. The maximum Gasteiger partial charge on any atom is 0.189 e. The first kappa shape index (κ1) is 12.4. The minimum atomic E-state index is -0.0987. The molecule has 1 aliphatic rings. The maximum absolute atomic E-state index is 5.60. The van der Waals surface area contributed by atoms with Crippen LogP contribution in [0.4, 0.5) is 0 Å². The van der Waals surface area contributed by atoms with Crippen molar-refractivity contribution in [3.63, 3.8) is 0 Å². The Morgan fingerprint density at radius 2 is 2.20 bits per heavy atom. The van der Waals surface area contributed by atoms with Crippen molar-refractivity contribution in [3.8, 4) is 0 Å². The molecule has 0 saturated carbocycles. The summed E-state index contributed by atoms with van der Waals surface area (Å²) in [6.07, 6.45) is 1.74. The number of rotatable bonds is 1. The minimum absolute atomic E-state index is 0.0987. The van der Waals surface area contributed by atoms with Crippen LogP contribution in [0.3, 0.4) is 0 Å². The molecule has 0 atom stereocenters. The molecule has 5 heteroatoms. The van der Waals surface area contributed by atoms with Crippen LogP contribution in [0.5, 0.6) is 0 Å². The molecule has 0 aromatic rings. The van der Waals surface area contributed by atoms with Gasteiger partial charge in [0.1, 0.15) is 0 Å². The average Bonchev–Trinajstić information content (AvgIpc) is 2.12. The fourth-order valence-corrected chi connectivity index (χ4v) is 1.44. The van der Waals surface area contributed by atoms with E-state index in [-0.39, 0.29) is 5.60 Å². The van der Waals surface area contributed by atoms with Crippen LogP contribution in [-0.2, 0) is 4.74 Å². The highest BCUT2D eigenvalue weighted by Gasteiger charge is 2.25. The summed E-state index contributed by atoms with van der Waals surface area (Å²) in [7, 11) is 3.78. The fraction of sp³-hybridized carbons (Fsp3) is 0.800. The first-order valence-electron chi connectivity index (χ1n) is 5.07. The Morgan fingerprint density at radius 3 is 2.73 bits per heavy atom. The molecule has 4 nitrogen and oxygen atoms in total. The highest BCUT2D eigenvalue weighted by atomic mass is 32.1. The molecule has 0 aliphatic carbocycles. The van der Waals surface area contributed by atoms with Gasteiger partial charge in [0.05, 0.1) is 12.2 Å². The largest absolute Gasteiger partial charge is 0.375 e. The molecule has 1 fully saturated rings. The van der Waals surface area contributed by atoms with E-state index in [2.05, 4.69) is 24.4 Å². The quantitative estimate of drug-likeness (QED) is 0.544. The zero-order chi connectivity index (χ0) is 11.5. The van der Waals surface area contributed by atoms with Crippen LogP contribution in [0.15, 0.2) is 5.10 Å². The third-order valence-electron chi connectivity index (χ3n) is 2.23. The molecule has 0 amide bonds. The Labute approximate surface area is 96.7 Å². The lowest BCUT2D eigenvalue weighted by Crippen LogP contribution is -2.37. The Bertz CT molecular complexity index is 274. The summed E-state index contributed by atoms with van der Waals surface area (Å²) < 4.78 is 5.60. The fourth-order valence-electron chi connectivity index (χ4n) is 1.40. The number of nitrogens with one attached hydrogen (secondary N) is 1. The predicted octanol–water partition coefficient (Wildman–Crippen LogP) is 1.37. The number of ether oxygens (including phenoxy) is 1. The summed E-state index contributed by atoms with van der Waals surface area (Å²) in [5, 5.41) is 4.94. The van der Waals surface area contributed by atoms with Crippen molar-refractivity contribution in [1.82, 2.24) is 10.3 Å². The molecule has 1 aliphatic heterocycles. The van der Waals surface area contributed by atoms with Crippen LogP contribution >= 0.6 is 12.2 Å². The van der Waals surface area contributed by atoms with Gasteiger partial charge in [-0.15, -0.1) is 0 Å². The number of hydrogen-bond acceptors (Lipinski definition) is 3. The van der Waals surface area contributed by atoms with Gasteiger partial charge in [0.2, 0.25) is 0 Å². The van der Waals surface area contributed by atoms with Crippen molar-refractivity contribution in [1.29, 1.82) is 0 Å². The molecule has 0 aromatic carbocycles. The van der Waals surface area contributed by atoms with Crippen LogP contribution in [0.2, 0.25) is 0 Å². The molecule has 0 unspecified atom stereocenters. The van der Waals surface area contributed by atoms with Gasteiger partial charge in [0.15, 0.2) is 5.11 Å². The van der Waals surface area contributed by atoms with Gasteiger partial charge < -0.3 is 9.64 Å². The maximum atomic E-state index is 5.60. The van der Waals surface area contributed by atoms with Crippen molar-refractivity contribution < 1.29 is 4.74 Å². The Morgan fingerprint density at radius 1 is 1.53 bits per heavy atom. The second kappa shape index (κ2) is 4.90. The second-order valence-corrected chi connectivity index (χ2v) is 4.91. The van der Waals surface area contributed by atoms with E-state index in [1.807, 2.05) is 19.0 Å². The van der Waals surface area contributed by atoms with E-state index in [0.717, 1.165) is 25.2 Å². The summed E-state index contributed by atoms with van der Waals surface area (Å²) >= 11 is 5.08. The molecule has 1 N–H and O–H groups in total. The van der Waals surface area contributed by atoms with Gasteiger partial charge in [-0.2, -0.15) is 5.10 Å². The van der Waals surface area contributed by atoms with Gasteiger partial charge in [-0.05, 0) is 26.1 Å². The van der Waals surface area contributed by atoms with E-state index in [1.54, 1.807) is 0 Å². The zero-order valence-corrected chi connectivity index (χ0v) is 10.6. The third kappa shape index (κ3) is 4.13. The van der Waals surface area contributed by atoms with Crippen molar-refractivity contribution in [2.75, 3.05) is 20.7 Å². The van der Waals surface area contributed by atoms with E-state index in [9.17, 15) is 0 Å². The molecule has 0 bridgehead atoms. The van der Waals surface area contributed by atoms with Crippen LogP contribution in [0.1, 0.15) is 26.7 Å². The van der Waals surface area contributed by atoms with Gasteiger partial charge in [-0.1, -0.05) is 0 Å². The summed E-state index contributed by atoms with van der Waals surface area (Å²) in [5.41, 5.74) is 3.90. The molecule has 86 valence electrons. The predicted molar refractivity (Wildman–Crippen MR) is 66.1 cm³/mol. The van der Waals surface area contributed by atoms with E-state index in [1.165, 1.54) is 0 Å². The molecule has 0 aromatic heterocycles. The third-order valence-corrected chi connectivity index (χ3v) is 2.69. The van der Waals surface area contributed by atoms with Crippen LogP contribution in [0, 0.1) is 0 Å². The highest BCUT2D eigenvalue weighted by molar-refractivity contribution is 7.80. The normalized spacial score (nSPS) is 22.5. The molecular formula is C10H19N3OS. The Hall–Kier alpha value is -0.680. The first-order chi connectivity index (χ1) is 6.91. The summed E-state index contributed by atoms with van der Waals surface area (Å²) in [6.45, 7) is 4.89. The molecule has 0 radical (unpaired) electrons. The first-order valence-corrected chi connectivity index (χ1v) is 5.48. The SMILES string of the molecule is CN(C)C(=S)NN=C1CCOC(C)(C)C1. The van der Waals surface area contributed by atoms with Crippen LogP contribution in [-0.4, -0.2) is 42.0 Å². The van der Waals surface area contributed by atoms with Crippen molar-refractivity contribution in [3.05, 3.63) is 0 Å². The lowest BCUT2D eigenvalue weighted by Gasteiger charge is -2.30. The molecule has 1 rings (SSSR count). The van der Waals surface area contributed by atoms with Crippen molar-refractivity contribution >= 4 is 23.0 Å². The smallest absolute Gasteiger partial charge is 0.189 e. The Kier molecular flexibility index (Phi) is 4.04. The van der Waals surface area contributed by atoms with Gasteiger partial charge in [-0.3, -0.25) is 5.43 Å². The molecular weight excluding hydrogens is 210 g/mol. The number of nitrogens with zero attached hydrogens (tertiary/aromatic N) is 2. The van der Waals surface area contributed by atoms with E-state index in [0.29, 0.717) is 5.11 Å². The lowest BCUT2D eigenvalue weighted by molar-refractivity contribution is -0.0200. The summed E-state index contributed by atoms with van der Waals surface area (Å²) in [5.74, 6) is 0. The monoisotopic (exact) mass is 229 g/mol. The average molecular weight is 229 g/mol. The number of hydrogen-bond donors (Lipinski definition) is 1. The van der Waals surface area contributed by atoms with Gasteiger partial charge in [0.25, 0.3) is 0 Å². The highest BCUT2D eigenvalue weighted by Crippen LogP contribution is 2.21. The Balaban J connectivity index is 2.49. The number of hydrazone groups is 1. The molecule has 1 heterocycles. The molecule has 1 saturated heterocycles. The lowest BCUT2D eigenvalue weighted by atomic mass is 9.97.